The number of likely N-dealkylation sites (N-methyl/N-ethyl adjacent to an activating group) is 1. The molecule has 2 N–H and O–H groups in total. The van der Waals surface area contributed by atoms with Crippen molar-refractivity contribution in [2.75, 3.05) is 32.1 Å². The number of alkyl halides is 3. The van der Waals surface area contributed by atoms with Crippen LogP contribution in [-0.4, -0.2) is 70.6 Å². The van der Waals surface area contributed by atoms with Crippen molar-refractivity contribution in [3.63, 3.8) is 0 Å². The summed E-state index contributed by atoms with van der Waals surface area (Å²) in [5.74, 6) is -0.484. The topological polar surface area (TPSA) is 95.0 Å². The lowest BCUT2D eigenvalue weighted by Gasteiger charge is -2.38. The Morgan fingerprint density at radius 3 is 2.49 bits per heavy atom. The van der Waals surface area contributed by atoms with E-state index >= 15 is 0 Å². The van der Waals surface area contributed by atoms with Crippen LogP contribution >= 0.6 is 0 Å². The van der Waals surface area contributed by atoms with E-state index in [4.69, 9.17) is 4.74 Å². The Hall–Kier alpha value is -3.96. The fourth-order valence-electron chi connectivity index (χ4n) is 4.71. The number of anilines is 1. The molecule has 3 atom stereocenters. The van der Waals surface area contributed by atoms with Gasteiger partial charge in [0.25, 0.3) is 11.8 Å². The van der Waals surface area contributed by atoms with Gasteiger partial charge in [0.15, 0.2) is 0 Å². The first-order chi connectivity index (χ1) is 19.5. The van der Waals surface area contributed by atoms with Crippen molar-refractivity contribution in [1.29, 1.82) is 0 Å². The van der Waals surface area contributed by atoms with Crippen LogP contribution in [0, 0.1) is 5.92 Å². The SMILES string of the molecule is C[C@@H]1CN([C@H](C)CO)C(=O)c2cc(NC(=O)c3ccncc3)ccc2O[C@@H]1CN(C)Cc1ccc(C(F)(F)F)cc1. The molecule has 1 aliphatic heterocycles. The highest BCUT2D eigenvalue weighted by Gasteiger charge is 2.34. The second-order valence-corrected chi connectivity index (χ2v) is 10.4. The number of aliphatic hydroxyl groups excluding tert-OH is 1. The number of ether oxygens (including phenoxy) is 1. The molecule has 1 aliphatic rings. The van der Waals surface area contributed by atoms with E-state index in [2.05, 4.69) is 10.3 Å². The zero-order valence-electron chi connectivity index (χ0n) is 23.1. The monoisotopic (exact) mass is 570 g/mol. The smallest absolute Gasteiger partial charge is 0.416 e. The second-order valence-electron chi connectivity index (χ2n) is 10.4. The summed E-state index contributed by atoms with van der Waals surface area (Å²) in [6.07, 6.45) is -1.75. The molecule has 3 aromatic rings. The van der Waals surface area contributed by atoms with Crippen molar-refractivity contribution in [1.82, 2.24) is 14.8 Å². The molecule has 0 saturated carbocycles. The maximum absolute atomic E-state index is 13.6. The van der Waals surface area contributed by atoms with Crippen molar-refractivity contribution in [2.24, 2.45) is 5.92 Å². The fraction of sp³-hybridized carbons (Fsp3) is 0.367. The Labute approximate surface area is 236 Å². The molecule has 0 spiro atoms. The van der Waals surface area contributed by atoms with Gasteiger partial charge in [0, 0.05) is 49.2 Å². The van der Waals surface area contributed by atoms with Crippen molar-refractivity contribution in [3.8, 4) is 5.75 Å². The third-order valence-electron chi connectivity index (χ3n) is 7.09. The number of benzene rings is 2. The Balaban J connectivity index is 1.56. The number of nitrogens with zero attached hydrogens (tertiary/aromatic N) is 3. The molecule has 0 saturated heterocycles. The molecule has 2 heterocycles. The number of fused-ring (bicyclic) bond motifs is 1. The van der Waals surface area contributed by atoms with Crippen LogP contribution in [0.3, 0.4) is 0 Å². The number of hydrogen-bond donors (Lipinski definition) is 2. The molecule has 0 bridgehead atoms. The van der Waals surface area contributed by atoms with Crippen LogP contribution in [-0.2, 0) is 12.7 Å². The van der Waals surface area contributed by atoms with E-state index in [1.54, 1.807) is 42.2 Å². The highest BCUT2D eigenvalue weighted by molar-refractivity contribution is 6.05. The zero-order chi connectivity index (χ0) is 29.7. The van der Waals surface area contributed by atoms with Crippen molar-refractivity contribution >= 4 is 17.5 Å². The third-order valence-corrected chi connectivity index (χ3v) is 7.09. The van der Waals surface area contributed by atoms with E-state index in [1.165, 1.54) is 24.5 Å². The minimum absolute atomic E-state index is 0.137. The highest BCUT2D eigenvalue weighted by Crippen LogP contribution is 2.32. The van der Waals surface area contributed by atoms with Crippen LogP contribution in [0.1, 0.15) is 45.7 Å². The lowest BCUT2D eigenvalue weighted by Crippen LogP contribution is -2.49. The number of carbonyl (C=O) groups excluding carboxylic acids is 2. The van der Waals surface area contributed by atoms with Gasteiger partial charge in [-0.25, -0.2) is 0 Å². The number of amides is 2. The summed E-state index contributed by atoms with van der Waals surface area (Å²) < 4.78 is 45.2. The molecular weight excluding hydrogens is 537 g/mol. The predicted octanol–water partition coefficient (Wildman–Crippen LogP) is 4.70. The number of aromatic nitrogens is 1. The summed E-state index contributed by atoms with van der Waals surface area (Å²) in [5.41, 5.74) is 1.09. The third kappa shape index (κ3) is 7.42. The molecule has 4 rings (SSSR count). The highest BCUT2D eigenvalue weighted by atomic mass is 19.4. The average molecular weight is 571 g/mol. The lowest BCUT2D eigenvalue weighted by atomic mass is 9.99. The lowest BCUT2D eigenvalue weighted by molar-refractivity contribution is -0.137. The summed E-state index contributed by atoms with van der Waals surface area (Å²) in [4.78, 5) is 33.8. The van der Waals surface area contributed by atoms with E-state index in [1.807, 2.05) is 18.9 Å². The van der Waals surface area contributed by atoms with Gasteiger partial charge in [-0.15, -0.1) is 0 Å². The second kappa shape index (κ2) is 12.7. The Morgan fingerprint density at radius 2 is 1.85 bits per heavy atom. The van der Waals surface area contributed by atoms with Gasteiger partial charge in [-0.05, 0) is 62.0 Å². The van der Waals surface area contributed by atoms with Crippen LogP contribution in [0.5, 0.6) is 5.75 Å². The van der Waals surface area contributed by atoms with Crippen molar-refractivity contribution in [2.45, 2.75) is 38.7 Å². The molecule has 0 unspecified atom stereocenters. The molecule has 1 aromatic heterocycles. The number of nitrogens with one attached hydrogen (secondary N) is 1. The van der Waals surface area contributed by atoms with E-state index in [0.29, 0.717) is 36.6 Å². The average Bonchev–Trinajstić information content (AvgIpc) is 2.95. The molecule has 218 valence electrons. The number of aliphatic hydroxyl groups is 1. The maximum atomic E-state index is 13.6. The van der Waals surface area contributed by atoms with Gasteiger partial charge in [-0.1, -0.05) is 19.1 Å². The number of carbonyl (C=O) groups is 2. The van der Waals surface area contributed by atoms with Gasteiger partial charge in [-0.3, -0.25) is 19.5 Å². The van der Waals surface area contributed by atoms with E-state index in [-0.39, 0.29) is 36.0 Å². The van der Waals surface area contributed by atoms with Gasteiger partial charge in [0.2, 0.25) is 0 Å². The van der Waals surface area contributed by atoms with Gasteiger partial charge in [-0.2, -0.15) is 13.2 Å². The summed E-state index contributed by atoms with van der Waals surface area (Å²) in [6.45, 7) is 4.62. The van der Waals surface area contributed by atoms with Gasteiger partial charge in [0.05, 0.1) is 23.8 Å². The Kier molecular flexibility index (Phi) is 9.29. The van der Waals surface area contributed by atoms with Gasteiger partial charge in [0.1, 0.15) is 11.9 Å². The first-order valence-corrected chi connectivity index (χ1v) is 13.2. The van der Waals surface area contributed by atoms with Crippen LogP contribution in [0.15, 0.2) is 67.0 Å². The van der Waals surface area contributed by atoms with Gasteiger partial charge >= 0.3 is 6.18 Å². The predicted molar refractivity (Wildman–Crippen MR) is 148 cm³/mol. The fourth-order valence-corrected chi connectivity index (χ4v) is 4.71. The Morgan fingerprint density at radius 1 is 1.17 bits per heavy atom. The standard InChI is InChI=1S/C30H33F3N4O4/c1-19-15-37(20(2)18-38)29(40)25-14-24(35-28(39)22-10-12-34-13-11-22)8-9-26(25)41-27(19)17-36(3)16-21-4-6-23(7-5-21)30(31,32)33/h4-14,19-20,27,38H,15-18H2,1-3H3,(H,35,39)/t19-,20-,27-/m1/s1. The summed E-state index contributed by atoms with van der Waals surface area (Å²) in [5, 5.41) is 12.7. The molecule has 41 heavy (non-hydrogen) atoms. The van der Waals surface area contributed by atoms with E-state index in [9.17, 15) is 27.9 Å². The molecule has 0 radical (unpaired) electrons. The van der Waals surface area contributed by atoms with Gasteiger partial charge < -0.3 is 20.1 Å². The summed E-state index contributed by atoms with van der Waals surface area (Å²) in [7, 11) is 1.85. The van der Waals surface area contributed by atoms with E-state index < -0.39 is 17.8 Å². The van der Waals surface area contributed by atoms with Crippen molar-refractivity contribution in [3.05, 3.63) is 89.2 Å². The molecule has 0 aliphatic carbocycles. The van der Waals surface area contributed by atoms with Crippen LogP contribution in [0.4, 0.5) is 18.9 Å². The van der Waals surface area contributed by atoms with E-state index in [0.717, 1.165) is 17.7 Å². The number of hydrogen-bond acceptors (Lipinski definition) is 6. The summed E-state index contributed by atoms with van der Waals surface area (Å²) >= 11 is 0. The number of rotatable bonds is 8. The van der Waals surface area contributed by atoms with Crippen LogP contribution < -0.4 is 10.1 Å². The molecule has 11 heteroatoms. The minimum Gasteiger partial charge on any atom is -0.488 e. The van der Waals surface area contributed by atoms with Crippen LogP contribution in [0.25, 0.3) is 0 Å². The maximum Gasteiger partial charge on any atom is 0.416 e. The zero-order valence-corrected chi connectivity index (χ0v) is 23.1. The first kappa shape index (κ1) is 30.0. The summed E-state index contributed by atoms with van der Waals surface area (Å²) in [6, 6.07) is 12.6. The number of pyridine rings is 1. The molecule has 2 aromatic carbocycles. The molecule has 0 fully saturated rings. The van der Waals surface area contributed by atoms with Crippen LogP contribution in [0.2, 0.25) is 0 Å². The number of halogens is 3. The normalized spacial score (nSPS) is 18.2. The molecule has 8 nitrogen and oxygen atoms in total. The molecule has 2 amide bonds. The quantitative estimate of drug-likeness (QED) is 0.408. The molecular formula is C30H33F3N4O4. The Bertz CT molecular complexity index is 1350. The van der Waals surface area contributed by atoms with Crippen molar-refractivity contribution < 1.29 is 32.6 Å². The first-order valence-electron chi connectivity index (χ1n) is 13.2. The largest absolute Gasteiger partial charge is 0.488 e. The minimum atomic E-state index is -4.39.